The van der Waals surface area contributed by atoms with Crippen molar-refractivity contribution in [2.24, 2.45) is 0 Å². The average Bonchev–Trinajstić information content (AvgIpc) is 3.52. The summed E-state index contributed by atoms with van der Waals surface area (Å²) < 4.78 is 12.7. The summed E-state index contributed by atoms with van der Waals surface area (Å²) in [5.41, 5.74) is 0.186. The van der Waals surface area contributed by atoms with Crippen LogP contribution < -0.4 is 20.1 Å². The molecule has 186 valence electrons. The largest absolute Gasteiger partial charge is 0.486 e. The molecule has 10 heteroatoms. The van der Waals surface area contributed by atoms with E-state index in [1.165, 1.54) is 15.6 Å². The number of nitrogens with one attached hydrogen (secondary N) is 2. The second-order valence-corrected chi connectivity index (χ2v) is 9.76. The number of likely N-dealkylation sites (N-methyl/N-ethyl adjacent to an activating group) is 1. The van der Waals surface area contributed by atoms with E-state index >= 15 is 0 Å². The molecule has 2 N–H and O–H groups in total. The van der Waals surface area contributed by atoms with Crippen molar-refractivity contribution in [2.45, 2.75) is 63.7 Å². The van der Waals surface area contributed by atoms with Gasteiger partial charge >= 0.3 is 0 Å². The van der Waals surface area contributed by atoms with E-state index in [0.29, 0.717) is 24.7 Å². The van der Waals surface area contributed by atoms with Crippen molar-refractivity contribution in [1.82, 2.24) is 25.3 Å². The quantitative estimate of drug-likeness (QED) is 0.676. The summed E-state index contributed by atoms with van der Waals surface area (Å²) in [6, 6.07) is 6.86. The lowest BCUT2D eigenvalue weighted by Gasteiger charge is -2.41. The molecular formula is C25H31N5O5. The van der Waals surface area contributed by atoms with Crippen LogP contribution >= 0.6 is 0 Å². The van der Waals surface area contributed by atoms with Crippen LogP contribution in [0.1, 0.15) is 72.1 Å². The van der Waals surface area contributed by atoms with E-state index in [-0.39, 0.29) is 41.8 Å². The maximum atomic E-state index is 13.1. The van der Waals surface area contributed by atoms with Crippen molar-refractivity contribution < 1.29 is 23.9 Å². The van der Waals surface area contributed by atoms with E-state index in [9.17, 15) is 14.4 Å². The third-order valence-electron chi connectivity index (χ3n) is 7.33. The molecule has 0 spiro atoms. The van der Waals surface area contributed by atoms with Gasteiger partial charge in [0.25, 0.3) is 11.8 Å². The van der Waals surface area contributed by atoms with Crippen molar-refractivity contribution in [2.75, 3.05) is 20.3 Å². The summed E-state index contributed by atoms with van der Waals surface area (Å²) >= 11 is 0. The lowest BCUT2D eigenvalue weighted by molar-refractivity contribution is -0.133. The normalized spacial score (nSPS) is 22.5. The van der Waals surface area contributed by atoms with Crippen LogP contribution in [0, 0.1) is 0 Å². The third-order valence-corrected chi connectivity index (χ3v) is 7.33. The molecule has 1 fully saturated rings. The first-order valence-electron chi connectivity index (χ1n) is 12.1. The number of nitrogens with zero attached hydrogens (tertiary/aromatic N) is 3. The number of benzene rings is 1. The average molecular weight is 482 g/mol. The molecule has 0 radical (unpaired) electrons. The Kier molecular flexibility index (Phi) is 5.90. The van der Waals surface area contributed by atoms with Crippen LogP contribution in [0.15, 0.2) is 24.3 Å². The van der Waals surface area contributed by atoms with Crippen LogP contribution in [0.25, 0.3) is 0 Å². The summed E-state index contributed by atoms with van der Waals surface area (Å²) in [5, 5.41) is 10.4. The Morgan fingerprint density at radius 1 is 1.14 bits per heavy atom. The molecule has 5 rings (SSSR count). The number of carbonyl (C=O) groups is 3. The summed E-state index contributed by atoms with van der Waals surface area (Å²) in [7, 11) is 1.62. The first-order valence-corrected chi connectivity index (χ1v) is 12.1. The molecule has 2 aromatic rings. The summed E-state index contributed by atoms with van der Waals surface area (Å²) in [6.07, 6.45) is 4.11. The zero-order valence-electron chi connectivity index (χ0n) is 20.3. The lowest BCUT2D eigenvalue weighted by atomic mass is 9.95. The maximum Gasteiger partial charge on any atom is 0.272 e. The Bertz CT molecular complexity index is 1170. The van der Waals surface area contributed by atoms with Gasteiger partial charge in [-0.15, -0.1) is 0 Å². The first kappa shape index (κ1) is 23.2. The van der Waals surface area contributed by atoms with Gasteiger partial charge in [-0.25, -0.2) is 0 Å². The van der Waals surface area contributed by atoms with Crippen molar-refractivity contribution in [1.29, 1.82) is 0 Å². The Labute approximate surface area is 203 Å². The molecule has 1 aromatic carbocycles. The molecule has 2 atom stereocenters. The number of hydrogen-bond donors (Lipinski definition) is 2. The highest BCUT2D eigenvalue weighted by Crippen LogP contribution is 2.33. The Morgan fingerprint density at radius 3 is 2.60 bits per heavy atom. The fraction of sp³-hybridized carbons (Fsp3) is 0.520. The fourth-order valence-corrected chi connectivity index (χ4v) is 4.93. The minimum Gasteiger partial charge on any atom is -0.486 e. The minimum atomic E-state index is -1.09. The Balaban J connectivity index is 1.31. The van der Waals surface area contributed by atoms with Gasteiger partial charge in [-0.05, 0) is 44.4 Å². The number of rotatable bonds is 5. The van der Waals surface area contributed by atoms with Crippen LogP contribution in [0.3, 0.4) is 0 Å². The zero-order valence-corrected chi connectivity index (χ0v) is 20.3. The number of ether oxygens (including phenoxy) is 2. The van der Waals surface area contributed by atoms with Gasteiger partial charge in [-0.3, -0.25) is 19.1 Å². The highest BCUT2D eigenvalue weighted by Gasteiger charge is 2.47. The maximum absolute atomic E-state index is 13.1. The van der Waals surface area contributed by atoms with Gasteiger partial charge in [-0.2, -0.15) is 5.10 Å². The highest BCUT2D eigenvalue weighted by molar-refractivity contribution is 6.01. The van der Waals surface area contributed by atoms with E-state index in [4.69, 9.17) is 9.47 Å². The molecule has 0 saturated heterocycles. The van der Waals surface area contributed by atoms with Crippen LogP contribution in [0.4, 0.5) is 0 Å². The molecule has 1 aliphatic carbocycles. The number of fused-ring (bicyclic) bond motifs is 2. The van der Waals surface area contributed by atoms with Crippen molar-refractivity contribution in [3.8, 4) is 11.5 Å². The van der Waals surface area contributed by atoms with E-state index in [0.717, 1.165) is 31.2 Å². The molecule has 1 aromatic heterocycles. The van der Waals surface area contributed by atoms with Crippen LogP contribution in [0.5, 0.6) is 11.5 Å². The Hall–Kier alpha value is -3.56. The minimum absolute atomic E-state index is 0.131. The second kappa shape index (κ2) is 8.90. The number of carbonyl (C=O) groups excluding carboxylic acids is 3. The van der Waals surface area contributed by atoms with Gasteiger partial charge in [0.1, 0.15) is 24.4 Å². The van der Waals surface area contributed by atoms with Crippen LogP contribution in [0.2, 0.25) is 0 Å². The number of aromatic nitrogens is 2. The van der Waals surface area contributed by atoms with Crippen molar-refractivity contribution in [3.63, 3.8) is 0 Å². The van der Waals surface area contributed by atoms with Crippen LogP contribution in [-0.4, -0.2) is 64.2 Å². The standard InChI is InChI=1S/C25H31N5O5/c1-15(16-8-9-20-21(12-16)35-11-10-34-20)26-22(31)18-13-19-23(32)29(3)25(2,14-30(19)28-18)24(33)27-17-6-4-5-7-17/h8-9,12-13,15,17H,4-7,10-11,14H2,1-3H3,(H,26,31)(H,27,33)/t15-,25+/m0/s1. The van der Waals surface area contributed by atoms with E-state index in [1.807, 2.05) is 25.1 Å². The summed E-state index contributed by atoms with van der Waals surface area (Å²) in [5.74, 6) is 0.396. The first-order chi connectivity index (χ1) is 16.8. The van der Waals surface area contributed by atoms with E-state index in [2.05, 4.69) is 15.7 Å². The smallest absolute Gasteiger partial charge is 0.272 e. The molecule has 35 heavy (non-hydrogen) atoms. The fourth-order valence-electron chi connectivity index (χ4n) is 4.93. The molecule has 3 aliphatic rings. The molecule has 2 aliphatic heterocycles. The molecule has 1 saturated carbocycles. The van der Waals surface area contributed by atoms with Gasteiger partial charge in [-0.1, -0.05) is 18.9 Å². The third kappa shape index (κ3) is 4.21. The molecule has 3 amide bonds. The predicted molar refractivity (Wildman–Crippen MR) is 126 cm³/mol. The molecule has 3 heterocycles. The Morgan fingerprint density at radius 2 is 1.86 bits per heavy atom. The van der Waals surface area contributed by atoms with Gasteiger partial charge in [0.15, 0.2) is 17.2 Å². The van der Waals surface area contributed by atoms with Gasteiger partial charge < -0.3 is 25.0 Å². The SMILES string of the molecule is C[C@H](NC(=O)c1cc2n(n1)C[C@](C)(C(=O)NC1CCCC1)N(C)C2=O)c1ccc2c(c1)OCCO2. The summed E-state index contributed by atoms with van der Waals surface area (Å²) in [4.78, 5) is 40.7. The van der Waals surface area contributed by atoms with Crippen molar-refractivity contribution in [3.05, 3.63) is 41.2 Å². The molecule has 10 nitrogen and oxygen atoms in total. The molecule has 0 bridgehead atoms. The topological polar surface area (TPSA) is 115 Å². The predicted octanol–water partition coefficient (Wildman–Crippen LogP) is 2.05. The highest BCUT2D eigenvalue weighted by atomic mass is 16.6. The van der Waals surface area contributed by atoms with Gasteiger partial charge in [0, 0.05) is 19.2 Å². The number of hydrogen-bond acceptors (Lipinski definition) is 6. The zero-order chi connectivity index (χ0) is 24.7. The second-order valence-electron chi connectivity index (χ2n) is 9.76. The van der Waals surface area contributed by atoms with Gasteiger partial charge in [0.2, 0.25) is 5.91 Å². The van der Waals surface area contributed by atoms with E-state index in [1.54, 1.807) is 14.0 Å². The number of amides is 3. The lowest BCUT2D eigenvalue weighted by Crippen LogP contribution is -2.63. The van der Waals surface area contributed by atoms with Gasteiger partial charge in [0.05, 0.1) is 12.6 Å². The summed E-state index contributed by atoms with van der Waals surface area (Å²) in [6.45, 7) is 4.77. The monoisotopic (exact) mass is 481 g/mol. The van der Waals surface area contributed by atoms with E-state index < -0.39 is 11.4 Å². The van der Waals surface area contributed by atoms with Crippen molar-refractivity contribution >= 4 is 17.7 Å². The molecule has 0 unspecified atom stereocenters. The van der Waals surface area contributed by atoms with Crippen LogP contribution in [-0.2, 0) is 11.3 Å². The molecular weight excluding hydrogens is 450 g/mol.